The van der Waals surface area contributed by atoms with Crippen LogP contribution in [0.2, 0.25) is 0 Å². The van der Waals surface area contributed by atoms with Crippen LogP contribution in [-0.2, 0) is 4.74 Å². The summed E-state index contributed by atoms with van der Waals surface area (Å²) in [7, 11) is 1.80. The van der Waals surface area contributed by atoms with Crippen molar-refractivity contribution in [2.24, 2.45) is 5.41 Å². The van der Waals surface area contributed by atoms with E-state index < -0.39 is 0 Å². The number of rotatable bonds is 7. The summed E-state index contributed by atoms with van der Waals surface area (Å²) >= 11 is 0. The third-order valence-electron chi connectivity index (χ3n) is 4.39. The summed E-state index contributed by atoms with van der Waals surface area (Å²) in [5, 5.41) is 3.48. The zero-order valence-electron chi connectivity index (χ0n) is 12.1. The number of hydrogen-bond donors (Lipinski definition) is 1. The summed E-state index contributed by atoms with van der Waals surface area (Å²) in [6, 6.07) is 0.531. The number of nitrogens with zero attached hydrogens (tertiary/aromatic N) is 1. The normalized spacial score (nSPS) is 21.7. The fraction of sp³-hybridized carbons (Fsp3) is 1.00. The number of methoxy groups -OCH3 is 1. The predicted molar refractivity (Wildman–Crippen MR) is 73.4 cm³/mol. The van der Waals surface area contributed by atoms with Crippen molar-refractivity contribution < 1.29 is 4.74 Å². The summed E-state index contributed by atoms with van der Waals surface area (Å²) in [6.45, 7) is 12.4. The summed E-state index contributed by atoms with van der Waals surface area (Å²) < 4.78 is 5.29. The number of hydrogen-bond acceptors (Lipinski definition) is 3. The Morgan fingerprint density at radius 2 is 1.94 bits per heavy atom. The fourth-order valence-corrected chi connectivity index (χ4v) is 2.94. The van der Waals surface area contributed by atoms with E-state index in [4.69, 9.17) is 4.74 Å². The zero-order chi connectivity index (χ0) is 12.7. The highest BCUT2D eigenvalue weighted by molar-refractivity contribution is 4.87. The Morgan fingerprint density at radius 3 is 2.41 bits per heavy atom. The molecule has 0 spiro atoms. The minimum Gasteiger partial charge on any atom is -0.383 e. The molecule has 1 aliphatic rings. The van der Waals surface area contributed by atoms with Gasteiger partial charge in [0.25, 0.3) is 0 Å². The van der Waals surface area contributed by atoms with Crippen LogP contribution in [0.5, 0.6) is 0 Å². The van der Waals surface area contributed by atoms with Crippen LogP contribution in [0.4, 0.5) is 0 Å². The molecular weight excluding hydrogens is 212 g/mol. The van der Waals surface area contributed by atoms with Crippen molar-refractivity contribution in [1.82, 2.24) is 10.2 Å². The molecule has 1 N–H and O–H groups in total. The number of likely N-dealkylation sites (N-methyl/N-ethyl adjacent to an activating group) is 1. The quantitative estimate of drug-likeness (QED) is 0.740. The molecule has 1 unspecified atom stereocenters. The number of piperidine rings is 1. The summed E-state index contributed by atoms with van der Waals surface area (Å²) in [4.78, 5) is 2.58. The lowest BCUT2D eigenvalue weighted by Gasteiger charge is -2.42. The molecule has 3 heteroatoms. The van der Waals surface area contributed by atoms with Crippen molar-refractivity contribution in [2.75, 3.05) is 39.9 Å². The van der Waals surface area contributed by atoms with E-state index >= 15 is 0 Å². The highest BCUT2D eigenvalue weighted by Crippen LogP contribution is 2.33. The second kappa shape index (κ2) is 7.34. The molecule has 1 atom stereocenters. The molecule has 3 nitrogen and oxygen atoms in total. The van der Waals surface area contributed by atoms with Crippen molar-refractivity contribution in [3.63, 3.8) is 0 Å². The standard InChI is InChI=1S/C14H30N2O/c1-5-14(7-9-15-10-8-14)12-16(6-2)13(3)11-17-4/h13,15H,5-12H2,1-4H3. The second-order valence-corrected chi connectivity index (χ2v) is 5.47. The monoisotopic (exact) mass is 242 g/mol. The molecule has 1 heterocycles. The lowest BCUT2D eigenvalue weighted by Crippen LogP contribution is -2.48. The SMILES string of the molecule is CCN(CC1(CC)CCNCC1)C(C)COC. The smallest absolute Gasteiger partial charge is 0.0615 e. The summed E-state index contributed by atoms with van der Waals surface area (Å²) in [5.74, 6) is 0. The Bertz CT molecular complexity index is 202. The minimum absolute atomic E-state index is 0.531. The van der Waals surface area contributed by atoms with Gasteiger partial charge in [0.1, 0.15) is 0 Å². The maximum absolute atomic E-state index is 5.29. The molecular formula is C14H30N2O. The highest BCUT2D eigenvalue weighted by atomic mass is 16.5. The first-order valence-corrected chi connectivity index (χ1v) is 7.11. The van der Waals surface area contributed by atoms with Crippen molar-refractivity contribution in [3.05, 3.63) is 0 Å². The molecule has 0 aromatic carbocycles. The van der Waals surface area contributed by atoms with E-state index in [0.717, 1.165) is 13.2 Å². The van der Waals surface area contributed by atoms with Gasteiger partial charge in [-0.1, -0.05) is 13.8 Å². The van der Waals surface area contributed by atoms with Gasteiger partial charge in [-0.2, -0.15) is 0 Å². The molecule has 102 valence electrons. The van der Waals surface area contributed by atoms with Crippen LogP contribution in [0.1, 0.15) is 40.0 Å². The van der Waals surface area contributed by atoms with E-state index in [1.54, 1.807) is 7.11 Å². The Morgan fingerprint density at radius 1 is 1.29 bits per heavy atom. The second-order valence-electron chi connectivity index (χ2n) is 5.47. The molecule has 0 radical (unpaired) electrons. The van der Waals surface area contributed by atoms with Crippen molar-refractivity contribution >= 4 is 0 Å². The van der Waals surface area contributed by atoms with Gasteiger partial charge >= 0.3 is 0 Å². The van der Waals surface area contributed by atoms with Crippen LogP contribution < -0.4 is 5.32 Å². The number of ether oxygens (including phenoxy) is 1. The van der Waals surface area contributed by atoms with Gasteiger partial charge in [0.05, 0.1) is 6.61 Å². The lowest BCUT2D eigenvalue weighted by molar-refractivity contribution is 0.0498. The van der Waals surface area contributed by atoms with E-state index in [0.29, 0.717) is 11.5 Å². The first-order valence-electron chi connectivity index (χ1n) is 7.11. The van der Waals surface area contributed by atoms with Gasteiger partial charge in [0.2, 0.25) is 0 Å². The molecule has 0 amide bonds. The third kappa shape index (κ3) is 4.23. The largest absolute Gasteiger partial charge is 0.383 e. The molecule has 17 heavy (non-hydrogen) atoms. The third-order valence-corrected chi connectivity index (χ3v) is 4.39. The molecule has 1 aliphatic heterocycles. The fourth-order valence-electron chi connectivity index (χ4n) is 2.94. The van der Waals surface area contributed by atoms with Crippen LogP contribution in [0.25, 0.3) is 0 Å². The Hall–Kier alpha value is -0.120. The first kappa shape index (κ1) is 14.9. The first-order chi connectivity index (χ1) is 8.17. The minimum atomic E-state index is 0.531. The van der Waals surface area contributed by atoms with Crippen LogP contribution in [0.15, 0.2) is 0 Å². The molecule has 0 aromatic rings. The van der Waals surface area contributed by atoms with Crippen LogP contribution in [-0.4, -0.2) is 50.8 Å². The lowest BCUT2D eigenvalue weighted by atomic mass is 9.76. The van der Waals surface area contributed by atoms with E-state index in [9.17, 15) is 0 Å². The van der Waals surface area contributed by atoms with Gasteiger partial charge in [0, 0.05) is 19.7 Å². The van der Waals surface area contributed by atoms with Crippen molar-refractivity contribution in [2.45, 2.75) is 46.1 Å². The summed E-state index contributed by atoms with van der Waals surface area (Å²) in [6.07, 6.45) is 3.93. The van der Waals surface area contributed by atoms with Gasteiger partial charge in [-0.05, 0) is 51.2 Å². The van der Waals surface area contributed by atoms with E-state index in [-0.39, 0.29) is 0 Å². The van der Waals surface area contributed by atoms with Gasteiger partial charge in [0.15, 0.2) is 0 Å². The highest BCUT2D eigenvalue weighted by Gasteiger charge is 2.32. The Labute approximate surface area is 107 Å². The average Bonchev–Trinajstić information content (AvgIpc) is 2.37. The molecule has 1 saturated heterocycles. The Balaban J connectivity index is 2.57. The van der Waals surface area contributed by atoms with Crippen LogP contribution in [0.3, 0.4) is 0 Å². The van der Waals surface area contributed by atoms with Crippen LogP contribution in [0, 0.1) is 5.41 Å². The molecule has 1 fully saturated rings. The van der Waals surface area contributed by atoms with Gasteiger partial charge < -0.3 is 10.1 Å². The summed E-state index contributed by atoms with van der Waals surface area (Å²) in [5.41, 5.74) is 0.531. The zero-order valence-corrected chi connectivity index (χ0v) is 12.1. The topological polar surface area (TPSA) is 24.5 Å². The maximum atomic E-state index is 5.29. The number of nitrogens with one attached hydrogen (secondary N) is 1. The molecule has 0 aliphatic carbocycles. The van der Waals surface area contributed by atoms with Gasteiger partial charge in [-0.15, -0.1) is 0 Å². The molecule has 0 saturated carbocycles. The van der Waals surface area contributed by atoms with E-state index in [1.165, 1.54) is 38.9 Å². The predicted octanol–water partition coefficient (Wildman–Crippen LogP) is 2.12. The van der Waals surface area contributed by atoms with Crippen molar-refractivity contribution in [3.8, 4) is 0 Å². The molecule has 1 rings (SSSR count). The van der Waals surface area contributed by atoms with Crippen LogP contribution >= 0.6 is 0 Å². The van der Waals surface area contributed by atoms with Gasteiger partial charge in [-0.3, -0.25) is 4.90 Å². The van der Waals surface area contributed by atoms with E-state index in [2.05, 4.69) is 31.0 Å². The van der Waals surface area contributed by atoms with Crippen molar-refractivity contribution in [1.29, 1.82) is 0 Å². The average molecular weight is 242 g/mol. The maximum Gasteiger partial charge on any atom is 0.0615 e. The van der Waals surface area contributed by atoms with Gasteiger partial charge in [-0.25, -0.2) is 0 Å². The van der Waals surface area contributed by atoms with E-state index in [1.807, 2.05) is 0 Å². The molecule has 0 bridgehead atoms. The molecule has 0 aromatic heterocycles. The Kier molecular flexibility index (Phi) is 6.45.